The molecule has 1 aromatic carbocycles. The first-order valence-electron chi connectivity index (χ1n) is 5.63. The van der Waals surface area contributed by atoms with Gasteiger partial charge in [0, 0.05) is 32.6 Å². The molecule has 0 saturated heterocycles. The summed E-state index contributed by atoms with van der Waals surface area (Å²) in [6.45, 7) is 4.59. The maximum absolute atomic E-state index is 11.8. The van der Waals surface area contributed by atoms with E-state index in [0.29, 0.717) is 18.7 Å². The second-order valence-corrected chi connectivity index (χ2v) is 3.93. The minimum absolute atomic E-state index is 0.0126. The first kappa shape index (κ1) is 13.2. The first-order valence-corrected chi connectivity index (χ1v) is 5.63. The number of hydrogen-bond acceptors (Lipinski definition) is 2. The van der Waals surface area contributed by atoms with Crippen molar-refractivity contribution in [2.75, 3.05) is 13.6 Å². The number of rotatable bonds is 4. The molecule has 0 spiro atoms. The highest BCUT2D eigenvalue weighted by molar-refractivity contribution is 5.94. The van der Waals surface area contributed by atoms with Gasteiger partial charge in [0.15, 0.2) is 0 Å². The average molecular weight is 234 g/mol. The van der Waals surface area contributed by atoms with Gasteiger partial charge in [0.05, 0.1) is 0 Å². The second-order valence-electron chi connectivity index (χ2n) is 3.93. The van der Waals surface area contributed by atoms with E-state index in [0.717, 1.165) is 5.56 Å². The molecule has 1 rings (SSSR count). The first-order chi connectivity index (χ1) is 8.04. The lowest BCUT2D eigenvalue weighted by Gasteiger charge is -2.14. The van der Waals surface area contributed by atoms with Crippen molar-refractivity contribution in [2.24, 2.45) is 0 Å². The van der Waals surface area contributed by atoms with Crippen LogP contribution in [0.15, 0.2) is 24.3 Å². The van der Waals surface area contributed by atoms with Crippen LogP contribution in [0.2, 0.25) is 0 Å². The molecule has 0 unspecified atom stereocenters. The fraction of sp³-hybridized carbons (Fsp3) is 0.385. The van der Waals surface area contributed by atoms with Gasteiger partial charge in [-0.05, 0) is 24.6 Å². The topological polar surface area (TPSA) is 49.4 Å². The molecule has 2 amide bonds. The molecule has 0 heterocycles. The summed E-state index contributed by atoms with van der Waals surface area (Å²) in [4.78, 5) is 24.2. The van der Waals surface area contributed by atoms with Crippen LogP contribution >= 0.6 is 0 Å². The molecule has 0 aliphatic rings. The number of carbonyl (C=O) groups excluding carboxylic acids is 2. The van der Waals surface area contributed by atoms with Gasteiger partial charge < -0.3 is 10.2 Å². The number of amides is 2. The Kier molecular flexibility index (Phi) is 4.69. The third-order valence-electron chi connectivity index (χ3n) is 2.56. The molecule has 0 aliphatic heterocycles. The van der Waals surface area contributed by atoms with Gasteiger partial charge in [-0.2, -0.15) is 0 Å². The molecule has 1 N–H and O–H groups in total. The summed E-state index contributed by atoms with van der Waals surface area (Å²) in [6.07, 6.45) is 0. The molecule has 1 aromatic rings. The summed E-state index contributed by atoms with van der Waals surface area (Å²) < 4.78 is 0. The van der Waals surface area contributed by atoms with Crippen LogP contribution in [0.3, 0.4) is 0 Å². The number of hydrogen-bond donors (Lipinski definition) is 1. The van der Waals surface area contributed by atoms with E-state index in [4.69, 9.17) is 0 Å². The Hall–Kier alpha value is -1.84. The van der Waals surface area contributed by atoms with E-state index in [1.54, 1.807) is 24.1 Å². The molecule has 0 atom stereocenters. The fourth-order valence-corrected chi connectivity index (χ4v) is 1.36. The number of nitrogens with zero attached hydrogens (tertiary/aromatic N) is 1. The zero-order chi connectivity index (χ0) is 12.8. The standard InChI is InChI=1S/C13H18N2O2/c1-4-15(3)13(17)12-7-5-11(6-8-12)9-14-10(2)16/h5-8H,4,9H2,1-3H3,(H,14,16). The van der Waals surface area contributed by atoms with Gasteiger partial charge in [-0.1, -0.05) is 12.1 Å². The largest absolute Gasteiger partial charge is 0.352 e. The molecule has 0 aromatic heterocycles. The predicted octanol–water partition coefficient (Wildman–Crippen LogP) is 1.41. The SMILES string of the molecule is CCN(C)C(=O)c1ccc(CNC(C)=O)cc1. The van der Waals surface area contributed by atoms with Gasteiger partial charge in [0.1, 0.15) is 0 Å². The highest BCUT2D eigenvalue weighted by atomic mass is 16.2. The summed E-state index contributed by atoms with van der Waals surface area (Å²) in [7, 11) is 1.77. The third-order valence-corrected chi connectivity index (χ3v) is 2.56. The third kappa shape index (κ3) is 3.90. The van der Waals surface area contributed by atoms with Crippen molar-refractivity contribution in [3.8, 4) is 0 Å². The van der Waals surface area contributed by atoms with Crippen molar-refractivity contribution < 1.29 is 9.59 Å². The number of carbonyl (C=O) groups is 2. The van der Waals surface area contributed by atoms with Gasteiger partial charge in [-0.15, -0.1) is 0 Å². The molecule has 0 saturated carbocycles. The fourth-order valence-electron chi connectivity index (χ4n) is 1.36. The van der Waals surface area contributed by atoms with Crippen molar-refractivity contribution in [1.29, 1.82) is 0 Å². The molecule has 0 fully saturated rings. The molecular formula is C13H18N2O2. The lowest BCUT2D eigenvalue weighted by molar-refractivity contribution is -0.119. The van der Waals surface area contributed by atoms with Crippen LogP contribution in [0.1, 0.15) is 29.8 Å². The minimum atomic E-state index is -0.0594. The molecule has 17 heavy (non-hydrogen) atoms. The van der Waals surface area contributed by atoms with Crippen molar-refractivity contribution in [3.05, 3.63) is 35.4 Å². The quantitative estimate of drug-likeness (QED) is 0.856. The van der Waals surface area contributed by atoms with Gasteiger partial charge in [-0.3, -0.25) is 9.59 Å². The Balaban J connectivity index is 2.67. The van der Waals surface area contributed by atoms with Gasteiger partial charge in [0.25, 0.3) is 5.91 Å². The zero-order valence-electron chi connectivity index (χ0n) is 10.5. The van der Waals surface area contributed by atoms with Crippen LogP contribution in [0.5, 0.6) is 0 Å². The van der Waals surface area contributed by atoms with Crippen LogP contribution in [0, 0.1) is 0 Å². The molecule has 4 heteroatoms. The predicted molar refractivity (Wildman–Crippen MR) is 66.6 cm³/mol. The van der Waals surface area contributed by atoms with Crippen molar-refractivity contribution in [1.82, 2.24) is 10.2 Å². The summed E-state index contributed by atoms with van der Waals surface area (Å²) >= 11 is 0. The van der Waals surface area contributed by atoms with E-state index in [9.17, 15) is 9.59 Å². The minimum Gasteiger partial charge on any atom is -0.352 e. The monoisotopic (exact) mass is 234 g/mol. The summed E-state index contributed by atoms with van der Waals surface area (Å²) in [6, 6.07) is 7.27. The Morgan fingerprint density at radius 1 is 1.24 bits per heavy atom. The molecule has 92 valence electrons. The summed E-state index contributed by atoms with van der Waals surface area (Å²) in [5, 5.41) is 2.71. The van der Waals surface area contributed by atoms with Gasteiger partial charge >= 0.3 is 0 Å². The van der Waals surface area contributed by atoms with Crippen LogP contribution < -0.4 is 5.32 Å². The van der Waals surface area contributed by atoms with E-state index < -0.39 is 0 Å². The van der Waals surface area contributed by atoms with Crippen LogP contribution in [0.25, 0.3) is 0 Å². The highest BCUT2D eigenvalue weighted by Gasteiger charge is 2.09. The summed E-state index contributed by atoms with van der Waals surface area (Å²) in [5.74, 6) is -0.0468. The van der Waals surface area contributed by atoms with Crippen molar-refractivity contribution in [2.45, 2.75) is 20.4 Å². The molecular weight excluding hydrogens is 216 g/mol. The maximum Gasteiger partial charge on any atom is 0.253 e. The Morgan fingerprint density at radius 2 is 1.82 bits per heavy atom. The van der Waals surface area contributed by atoms with E-state index in [1.807, 2.05) is 19.1 Å². The van der Waals surface area contributed by atoms with E-state index >= 15 is 0 Å². The average Bonchev–Trinajstić information content (AvgIpc) is 2.35. The van der Waals surface area contributed by atoms with E-state index in [-0.39, 0.29) is 11.8 Å². The molecule has 0 aliphatic carbocycles. The van der Waals surface area contributed by atoms with Crippen LogP contribution in [-0.2, 0) is 11.3 Å². The Morgan fingerprint density at radius 3 is 2.29 bits per heavy atom. The van der Waals surface area contributed by atoms with Crippen molar-refractivity contribution >= 4 is 11.8 Å². The van der Waals surface area contributed by atoms with Gasteiger partial charge in [-0.25, -0.2) is 0 Å². The normalized spacial score (nSPS) is 9.82. The Bertz CT molecular complexity index is 398. The zero-order valence-corrected chi connectivity index (χ0v) is 10.5. The molecule has 0 radical (unpaired) electrons. The molecule has 4 nitrogen and oxygen atoms in total. The lowest BCUT2D eigenvalue weighted by atomic mass is 10.1. The van der Waals surface area contributed by atoms with E-state index in [2.05, 4.69) is 5.32 Å². The van der Waals surface area contributed by atoms with Crippen LogP contribution in [-0.4, -0.2) is 30.3 Å². The molecule has 0 bridgehead atoms. The van der Waals surface area contributed by atoms with E-state index in [1.165, 1.54) is 6.92 Å². The highest BCUT2D eigenvalue weighted by Crippen LogP contribution is 2.06. The van der Waals surface area contributed by atoms with Gasteiger partial charge in [0.2, 0.25) is 5.91 Å². The van der Waals surface area contributed by atoms with Crippen LogP contribution in [0.4, 0.5) is 0 Å². The lowest BCUT2D eigenvalue weighted by Crippen LogP contribution is -2.26. The smallest absolute Gasteiger partial charge is 0.253 e. The Labute approximate surface area is 102 Å². The number of nitrogens with one attached hydrogen (secondary N) is 1. The second kappa shape index (κ2) is 6.03. The summed E-state index contributed by atoms with van der Waals surface area (Å²) in [5.41, 5.74) is 1.65. The number of benzene rings is 1. The van der Waals surface area contributed by atoms with Crippen molar-refractivity contribution in [3.63, 3.8) is 0 Å². The maximum atomic E-state index is 11.8.